The molecule has 19 heavy (non-hydrogen) atoms. The topological polar surface area (TPSA) is 105 Å². The fourth-order valence-electron chi connectivity index (χ4n) is 1.63. The molecule has 0 unspecified atom stereocenters. The van der Waals surface area contributed by atoms with E-state index < -0.39 is 10.9 Å². The Kier molecular flexibility index (Phi) is 5.72. The van der Waals surface area contributed by atoms with Gasteiger partial charge in [0.2, 0.25) is 0 Å². The maximum Gasteiger partial charge on any atom is 0.303 e. The lowest BCUT2D eigenvalue weighted by atomic mass is 10.2. The van der Waals surface area contributed by atoms with Crippen LogP contribution in [0.15, 0.2) is 12.3 Å². The number of carboxylic acids is 1. The number of aromatic nitrogens is 1. The van der Waals surface area contributed by atoms with E-state index in [4.69, 9.17) is 5.11 Å². The third-order valence-corrected chi connectivity index (χ3v) is 2.65. The molecule has 104 valence electrons. The van der Waals surface area contributed by atoms with Crippen LogP contribution in [0.2, 0.25) is 0 Å². The minimum atomic E-state index is -0.777. The smallest absolute Gasteiger partial charge is 0.303 e. The summed E-state index contributed by atoms with van der Waals surface area (Å²) in [6.07, 6.45) is 3.75. The largest absolute Gasteiger partial charge is 0.481 e. The molecule has 1 aromatic rings. The normalized spacial score (nSPS) is 10.2. The number of pyridine rings is 1. The fourth-order valence-corrected chi connectivity index (χ4v) is 1.63. The number of unbranched alkanes of at least 4 members (excludes halogenated alkanes) is 2. The molecule has 0 saturated heterocycles. The van der Waals surface area contributed by atoms with Crippen LogP contribution in [0.5, 0.6) is 0 Å². The van der Waals surface area contributed by atoms with Crippen LogP contribution in [0.25, 0.3) is 0 Å². The van der Waals surface area contributed by atoms with Crippen LogP contribution in [0.1, 0.15) is 31.2 Å². The van der Waals surface area contributed by atoms with Crippen LogP contribution in [0.3, 0.4) is 0 Å². The van der Waals surface area contributed by atoms with Crippen molar-refractivity contribution >= 4 is 17.5 Å². The Morgan fingerprint density at radius 1 is 1.47 bits per heavy atom. The fraction of sp³-hybridized carbons (Fsp3) is 0.500. The van der Waals surface area contributed by atoms with E-state index in [0.717, 1.165) is 12.8 Å². The highest BCUT2D eigenvalue weighted by atomic mass is 16.6. The van der Waals surface area contributed by atoms with Gasteiger partial charge in [-0.25, -0.2) is 4.98 Å². The molecule has 0 saturated carbocycles. The van der Waals surface area contributed by atoms with Gasteiger partial charge < -0.3 is 10.4 Å². The van der Waals surface area contributed by atoms with Crippen LogP contribution in [-0.4, -0.2) is 27.5 Å². The molecule has 1 aromatic heterocycles. The Morgan fingerprint density at radius 2 is 2.21 bits per heavy atom. The summed E-state index contributed by atoms with van der Waals surface area (Å²) in [5.41, 5.74) is 0.570. The zero-order valence-corrected chi connectivity index (χ0v) is 10.8. The number of nitrogens with zero attached hydrogens (tertiary/aromatic N) is 2. The number of hydrogen-bond donors (Lipinski definition) is 2. The van der Waals surface area contributed by atoms with Crippen molar-refractivity contribution in [3.05, 3.63) is 27.9 Å². The van der Waals surface area contributed by atoms with Gasteiger partial charge in [-0.3, -0.25) is 14.9 Å². The summed E-state index contributed by atoms with van der Waals surface area (Å²) in [7, 11) is 0. The van der Waals surface area contributed by atoms with Gasteiger partial charge in [0.25, 0.3) is 5.69 Å². The number of carboxylic acid groups (broad SMARTS) is 1. The second-order valence-electron chi connectivity index (χ2n) is 4.24. The summed E-state index contributed by atoms with van der Waals surface area (Å²) in [5, 5.41) is 22.1. The Labute approximate surface area is 110 Å². The van der Waals surface area contributed by atoms with E-state index in [1.807, 2.05) is 0 Å². The second kappa shape index (κ2) is 7.30. The van der Waals surface area contributed by atoms with Crippen LogP contribution in [0, 0.1) is 17.0 Å². The summed E-state index contributed by atoms with van der Waals surface area (Å²) >= 11 is 0. The predicted octanol–water partition coefficient (Wildman–Crippen LogP) is 2.36. The molecule has 0 aliphatic heterocycles. The van der Waals surface area contributed by atoms with Crippen molar-refractivity contribution in [1.82, 2.24) is 4.98 Å². The molecule has 0 aliphatic rings. The Balaban J connectivity index is 2.32. The molecule has 0 bridgehead atoms. The monoisotopic (exact) mass is 267 g/mol. The summed E-state index contributed by atoms with van der Waals surface area (Å²) in [6, 6.07) is 1.63. The van der Waals surface area contributed by atoms with Gasteiger partial charge in [-0.2, -0.15) is 0 Å². The summed E-state index contributed by atoms with van der Waals surface area (Å²) in [6.45, 7) is 2.34. The molecule has 2 N–H and O–H groups in total. The maximum absolute atomic E-state index is 10.6. The first-order valence-corrected chi connectivity index (χ1v) is 6.07. The quantitative estimate of drug-likeness (QED) is 0.425. The maximum atomic E-state index is 10.6. The van der Waals surface area contributed by atoms with Crippen molar-refractivity contribution in [3.8, 4) is 0 Å². The third kappa shape index (κ3) is 5.33. The number of aliphatic carboxylic acids is 1. The Hall–Kier alpha value is -2.18. The number of nitro groups is 1. The molecule has 0 amide bonds. The van der Waals surface area contributed by atoms with Crippen molar-refractivity contribution in [1.29, 1.82) is 0 Å². The van der Waals surface area contributed by atoms with Crippen LogP contribution in [-0.2, 0) is 4.79 Å². The van der Waals surface area contributed by atoms with E-state index in [0.29, 0.717) is 24.3 Å². The molecule has 7 nitrogen and oxygen atoms in total. The molecule has 0 spiro atoms. The highest BCUT2D eigenvalue weighted by molar-refractivity contribution is 5.66. The first-order chi connectivity index (χ1) is 9.00. The molecule has 0 radical (unpaired) electrons. The van der Waals surface area contributed by atoms with Gasteiger partial charge in [-0.15, -0.1) is 0 Å². The lowest BCUT2D eigenvalue weighted by Crippen LogP contribution is -2.05. The molecule has 0 aliphatic carbocycles. The molecule has 7 heteroatoms. The molecule has 1 rings (SSSR count). The SMILES string of the molecule is Cc1cc(NCCCCCC(=O)O)ncc1[N+](=O)[O-]. The Bertz CT molecular complexity index is 462. The summed E-state index contributed by atoms with van der Waals surface area (Å²) in [5.74, 6) is -0.179. The minimum absolute atomic E-state index is 0.00649. The van der Waals surface area contributed by atoms with E-state index in [-0.39, 0.29) is 12.1 Å². The number of anilines is 1. The second-order valence-corrected chi connectivity index (χ2v) is 4.24. The Morgan fingerprint density at radius 3 is 2.79 bits per heavy atom. The predicted molar refractivity (Wildman–Crippen MR) is 70.2 cm³/mol. The number of aryl methyl sites for hydroxylation is 1. The van der Waals surface area contributed by atoms with Crippen LogP contribution >= 0.6 is 0 Å². The van der Waals surface area contributed by atoms with Crippen molar-refractivity contribution in [2.75, 3.05) is 11.9 Å². The first-order valence-electron chi connectivity index (χ1n) is 6.07. The third-order valence-electron chi connectivity index (χ3n) is 2.65. The van der Waals surface area contributed by atoms with Crippen molar-refractivity contribution in [2.24, 2.45) is 0 Å². The molecular weight excluding hydrogens is 250 g/mol. The molecule has 0 fully saturated rings. The number of nitrogens with one attached hydrogen (secondary N) is 1. The summed E-state index contributed by atoms with van der Waals surface area (Å²) in [4.78, 5) is 24.4. The van der Waals surface area contributed by atoms with Gasteiger partial charge in [0, 0.05) is 18.5 Å². The minimum Gasteiger partial charge on any atom is -0.481 e. The van der Waals surface area contributed by atoms with E-state index in [1.165, 1.54) is 6.20 Å². The van der Waals surface area contributed by atoms with Gasteiger partial charge in [0.1, 0.15) is 12.0 Å². The van der Waals surface area contributed by atoms with E-state index >= 15 is 0 Å². The molecule has 0 atom stereocenters. The molecular formula is C12H17N3O4. The first kappa shape index (κ1) is 14.9. The van der Waals surface area contributed by atoms with Crippen LogP contribution < -0.4 is 5.32 Å². The lowest BCUT2D eigenvalue weighted by molar-refractivity contribution is -0.385. The highest BCUT2D eigenvalue weighted by Crippen LogP contribution is 2.18. The van der Waals surface area contributed by atoms with Crippen molar-refractivity contribution in [2.45, 2.75) is 32.6 Å². The van der Waals surface area contributed by atoms with Gasteiger partial charge in [0.05, 0.1) is 4.92 Å². The van der Waals surface area contributed by atoms with Crippen molar-refractivity contribution in [3.63, 3.8) is 0 Å². The average Bonchev–Trinajstić information content (AvgIpc) is 2.32. The molecule has 0 aromatic carbocycles. The van der Waals surface area contributed by atoms with Gasteiger partial charge in [-0.1, -0.05) is 6.42 Å². The zero-order chi connectivity index (χ0) is 14.3. The van der Waals surface area contributed by atoms with Crippen LogP contribution in [0.4, 0.5) is 11.5 Å². The number of carbonyl (C=O) groups is 1. The summed E-state index contributed by atoms with van der Waals surface area (Å²) < 4.78 is 0. The number of rotatable bonds is 8. The standard InChI is InChI=1S/C12H17N3O4/c1-9-7-11(14-8-10(9)15(18)19)13-6-4-2-3-5-12(16)17/h7-8H,2-6H2,1H3,(H,13,14)(H,16,17). The zero-order valence-electron chi connectivity index (χ0n) is 10.8. The van der Waals surface area contributed by atoms with E-state index in [1.54, 1.807) is 13.0 Å². The van der Waals surface area contributed by atoms with Crippen molar-refractivity contribution < 1.29 is 14.8 Å². The lowest BCUT2D eigenvalue weighted by Gasteiger charge is -2.06. The highest BCUT2D eigenvalue weighted by Gasteiger charge is 2.10. The van der Waals surface area contributed by atoms with E-state index in [2.05, 4.69) is 10.3 Å². The average molecular weight is 267 g/mol. The number of hydrogen-bond acceptors (Lipinski definition) is 5. The van der Waals surface area contributed by atoms with Gasteiger partial charge >= 0.3 is 5.97 Å². The van der Waals surface area contributed by atoms with E-state index in [9.17, 15) is 14.9 Å². The van der Waals surface area contributed by atoms with Gasteiger partial charge in [0.15, 0.2) is 0 Å². The molecule has 1 heterocycles. The van der Waals surface area contributed by atoms with Gasteiger partial charge in [-0.05, 0) is 25.8 Å².